The molecule has 0 spiro atoms. The van der Waals surface area contributed by atoms with Crippen molar-refractivity contribution in [1.82, 2.24) is 20.5 Å². The van der Waals surface area contributed by atoms with Crippen LogP contribution in [0.15, 0.2) is 28.9 Å². The first kappa shape index (κ1) is 14.8. The molecule has 2 rings (SSSR count). The Morgan fingerprint density at radius 2 is 2.14 bits per heavy atom. The monoisotopic (exact) mass is 288 g/mol. The molecule has 2 aromatic heterocycles. The zero-order chi connectivity index (χ0) is 15.1. The van der Waals surface area contributed by atoms with E-state index in [1.807, 2.05) is 6.92 Å². The van der Waals surface area contributed by atoms with Crippen LogP contribution >= 0.6 is 0 Å². The van der Waals surface area contributed by atoms with Gasteiger partial charge in [-0.25, -0.2) is 0 Å². The number of nitrogens with zero attached hydrogens (tertiary/aromatic N) is 3. The standard InChI is InChI=1S/C14H16N4O3/c1-2-3-4-11(16-9-19)12(20)14-18-17-13(21-14)10-5-7-15-8-6-10/h5-9,11H,2-4H2,1H3,(H,16,19). The van der Waals surface area contributed by atoms with Crippen molar-refractivity contribution in [2.75, 3.05) is 0 Å². The molecule has 2 heterocycles. The summed E-state index contributed by atoms with van der Waals surface area (Å²) in [6.07, 6.45) is 6.00. The number of rotatable bonds is 8. The number of ketones is 1. The first-order valence-corrected chi connectivity index (χ1v) is 6.74. The molecule has 0 saturated heterocycles. The number of hydrogen-bond donors (Lipinski definition) is 1. The maximum atomic E-state index is 12.3. The van der Waals surface area contributed by atoms with E-state index in [2.05, 4.69) is 20.5 Å². The molecule has 0 aliphatic carbocycles. The van der Waals surface area contributed by atoms with Gasteiger partial charge in [-0.1, -0.05) is 19.8 Å². The molecule has 1 atom stereocenters. The molecule has 0 fully saturated rings. The molecule has 0 aliphatic heterocycles. The van der Waals surface area contributed by atoms with Crippen LogP contribution in [-0.2, 0) is 4.79 Å². The highest BCUT2D eigenvalue weighted by Gasteiger charge is 2.24. The lowest BCUT2D eigenvalue weighted by Crippen LogP contribution is -2.36. The lowest BCUT2D eigenvalue weighted by molar-refractivity contribution is -0.110. The molecule has 0 aromatic carbocycles. The lowest BCUT2D eigenvalue weighted by Gasteiger charge is -2.11. The highest BCUT2D eigenvalue weighted by atomic mass is 16.4. The van der Waals surface area contributed by atoms with Gasteiger partial charge in [-0.05, 0) is 18.6 Å². The maximum Gasteiger partial charge on any atom is 0.286 e. The van der Waals surface area contributed by atoms with Gasteiger partial charge in [0.1, 0.15) is 0 Å². The zero-order valence-electron chi connectivity index (χ0n) is 11.7. The summed E-state index contributed by atoms with van der Waals surface area (Å²) in [7, 11) is 0. The Morgan fingerprint density at radius 1 is 1.38 bits per heavy atom. The van der Waals surface area contributed by atoms with Gasteiger partial charge in [0.2, 0.25) is 18.1 Å². The highest BCUT2D eigenvalue weighted by Crippen LogP contribution is 2.17. The largest absolute Gasteiger partial charge is 0.414 e. The predicted molar refractivity (Wildman–Crippen MR) is 74.4 cm³/mol. The summed E-state index contributed by atoms with van der Waals surface area (Å²) in [5, 5.41) is 10.1. The number of unbranched alkanes of at least 4 members (excludes halogenated alkanes) is 1. The first-order valence-electron chi connectivity index (χ1n) is 6.74. The van der Waals surface area contributed by atoms with Gasteiger partial charge in [-0.3, -0.25) is 14.6 Å². The number of carbonyl (C=O) groups is 2. The van der Waals surface area contributed by atoms with Gasteiger partial charge in [-0.15, -0.1) is 10.2 Å². The topological polar surface area (TPSA) is 98.0 Å². The average Bonchev–Trinajstić information content (AvgIpc) is 3.01. The second kappa shape index (κ2) is 7.28. The Hall–Kier alpha value is -2.57. The van der Waals surface area contributed by atoms with Crippen molar-refractivity contribution < 1.29 is 14.0 Å². The lowest BCUT2D eigenvalue weighted by atomic mass is 10.1. The smallest absolute Gasteiger partial charge is 0.286 e. The van der Waals surface area contributed by atoms with Gasteiger partial charge in [0.25, 0.3) is 5.89 Å². The minimum absolute atomic E-state index is 0.0998. The summed E-state index contributed by atoms with van der Waals surface area (Å²) in [5.74, 6) is -0.221. The summed E-state index contributed by atoms with van der Waals surface area (Å²) < 4.78 is 5.38. The van der Waals surface area contributed by atoms with E-state index in [4.69, 9.17) is 4.42 Å². The molecular formula is C14H16N4O3. The van der Waals surface area contributed by atoms with Crippen LogP contribution in [0.4, 0.5) is 0 Å². The van der Waals surface area contributed by atoms with E-state index in [1.165, 1.54) is 0 Å². The summed E-state index contributed by atoms with van der Waals surface area (Å²) >= 11 is 0. The fraction of sp³-hybridized carbons (Fsp3) is 0.357. The number of hydrogen-bond acceptors (Lipinski definition) is 6. The van der Waals surface area contributed by atoms with Gasteiger partial charge in [-0.2, -0.15) is 0 Å². The Labute approximate surface area is 121 Å². The SMILES string of the molecule is CCCCC(NC=O)C(=O)c1nnc(-c2ccncc2)o1. The van der Waals surface area contributed by atoms with Gasteiger partial charge >= 0.3 is 0 Å². The first-order chi connectivity index (χ1) is 10.3. The van der Waals surface area contributed by atoms with Gasteiger partial charge in [0.15, 0.2) is 0 Å². The van der Waals surface area contributed by atoms with E-state index in [9.17, 15) is 9.59 Å². The molecular weight excluding hydrogens is 272 g/mol. The van der Waals surface area contributed by atoms with Crippen molar-refractivity contribution in [2.45, 2.75) is 32.2 Å². The van der Waals surface area contributed by atoms with Gasteiger partial charge in [0.05, 0.1) is 6.04 Å². The Balaban J connectivity index is 2.15. The van der Waals surface area contributed by atoms with Crippen LogP contribution in [0.5, 0.6) is 0 Å². The van der Waals surface area contributed by atoms with Crippen LogP contribution in [-0.4, -0.2) is 33.4 Å². The van der Waals surface area contributed by atoms with Crippen molar-refractivity contribution >= 4 is 12.2 Å². The molecule has 0 aliphatic rings. The third-order valence-corrected chi connectivity index (χ3v) is 3.00. The van der Waals surface area contributed by atoms with Crippen molar-refractivity contribution in [3.05, 3.63) is 30.4 Å². The van der Waals surface area contributed by atoms with Gasteiger partial charge in [0, 0.05) is 18.0 Å². The van der Waals surface area contributed by atoms with E-state index in [0.717, 1.165) is 12.8 Å². The van der Waals surface area contributed by atoms with E-state index >= 15 is 0 Å². The maximum absolute atomic E-state index is 12.3. The minimum atomic E-state index is -0.631. The average molecular weight is 288 g/mol. The predicted octanol–water partition coefficient (Wildman–Crippen LogP) is 1.62. The van der Waals surface area contributed by atoms with E-state index in [1.54, 1.807) is 24.5 Å². The van der Waals surface area contributed by atoms with Crippen molar-refractivity contribution in [1.29, 1.82) is 0 Å². The Kier molecular flexibility index (Phi) is 5.14. The van der Waals surface area contributed by atoms with Crippen LogP contribution in [0.25, 0.3) is 11.5 Å². The minimum Gasteiger partial charge on any atom is -0.414 e. The summed E-state index contributed by atoms with van der Waals surface area (Å²) in [4.78, 5) is 26.8. The fourth-order valence-electron chi connectivity index (χ4n) is 1.86. The number of amides is 1. The number of aromatic nitrogens is 3. The van der Waals surface area contributed by atoms with Crippen LogP contribution < -0.4 is 5.32 Å². The molecule has 1 unspecified atom stereocenters. The van der Waals surface area contributed by atoms with Crippen molar-refractivity contribution in [2.24, 2.45) is 0 Å². The third-order valence-electron chi connectivity index (χ3n) is 3.00. The van der Waals surface area contributed by atoms with Crippen LogP contribution in [0.1, 0.15) is 36.9 Å². The van der Waals surface area contributed by atoms with E-state index in [0.29, 0.717) is 18.4 Å². The molecule has 0 saturated carbocycles. The molecule has 0 radical (unpaired) electrons. The molecule has 0 bridgehead atoms. The van der Waals surface area contributed by atoms with Crippen LogP contribution in [0.3, 0.4) is 0 Å². The molecule has 7 heteroatoms. The number of nitrogens with one attached hydrogen (secondary N) is 1. The van der Waals surface area contributed by atoms with Gasteiger partial charge < -0.3 is 9.73 Å². The van der Waals surface area contributed by atoms with E-state index in [-0.39, 0.29) is 17.6 Å². The normalized spacial score (nSPS) is 11.9. The number of Topliss-reactive ketones (excluding diaryl/α,β-unsaturated/α-hetero) is 1. The fourth-order valence-corrected chi connectivity index (χ4v) is 1.86. The van der Waals surface area contributed by atoms with E-state index < -0.39 is 6.04 Å². The molecule has 1 N–H and O–H groups in total. The van der Waals surface area contributed by atoms with Crippen molar-refractivity contribution in [3.8, 4) is 11.5 Å². The molecule has 21 heavy (non-hydrogen) atoms. The summed E-state index contributed by atoms with van der Waals surface area (Å²) in [6.45, 7) is 2.01. The molecule has 110 valence electrons. The highest BCUT2D eigenvalue weighted by molar-refractivity contribution is 5.97. The van der Waals surface area contributed by atoms with Crippen molar-refractivity contribution in [3.63, 3.8) is 0 Å². The quantitative estimate of drug-likeness (QED) is 0.585. The van der Waals surface area contributed by atoms with Crippen LogP contribution in [0, 0.1) is 0 Å². The Bertz CT molecular complexity index is 597. The molecule has 7 nitrogen and oxygen atoms in total. The summed E-state index contributed by atoms with van der Waals surface area (Å²) in [5.41, 5.74) is 0.685. The molecule has 1 amide bonds. The second-order valence-electron chi connectivity index (χ2n) is 4.49. The molecule has 2 aromatic rings. The summed E-state index contributed by atoms with van der Waals surface area (Å²) in [6, 6.07) is 2.79. The zero-order valence-corrected chi connectivity index (χ0v) is 11.7. The number of carbonyl (C=O) groups excluding carboxylic acids is 2. The number of pyridine rings is 1. The second-order valence-corrected chi connectivity index (χ2v) is 4.49. The Morgan fingerprint density at radius 3 is 2.81 bits per heavy atom. The third kappa shape index (κ3) is 3.71. The van der Waals surface area contributed by atoms with Crippen LogP contribution in [0.2, 0.25) is 0 Å².